The highest BCUT2D eigenvalue weighted by atomic mass is 19.4. The van der Waals surface area contributed by atoms with Crippen LogP contribution >= 0.6 is 0 Å². The van der Waals surface area contributed by atoms with Crippen molar-refractivity contribution in [2.75, 3.05) is 0 Å². The summed E-state index contributed by atoms with van der Waals surface area (Å²) in [6.07, 6.45) is 9.20. The van der Waals surface area contributed by atoms with E-state index in [1.165, 1.54) is 24.3 Å². The fraction of sp³-hybridized carbons (Fsp3) is 0.600. The molecule has 1 unspecified atom stereocenters. The maximum Gasteiger partial charge on any atom is 0.421 e. The van der Waals surface area contributed by atoms with Crippen molar-refractivity contribution >= 4 is 12.1 Å². The fourth-order valence-electron chi connectivity index (χ4n) is 5.12. The number of carbonyl (C=O) groups is 1. The topological polar surface area (TPSA) is 52.9 Å². The Bertz CT molecular complexity index is 864. The molecule has 1 aliphatic heterocycles. The molecule has 2 aliphatic carbocycles. The van der Waals surface area contributed by atoms with E-state index in [4.69, 9.17) is 0 Å². The van der Waals surface area contributed by atoms with Crippen LogP contribution in [-0.2, 0) is 5.60 Å². The number of amides is 1. The summed E-state index contributed by atoms with van der Waals surface area (Å²) in [5.74, 6) is 0.421. The minimum Gasteiger partial charge on any atom is -0.376 e. The predicted molar refractivity (Wildman–Crippen MR) is 118 cm³/mol. The number of halogens is 3. The maximum atomic E-state index is 13.4. The van der Waals surface area contributed by atoms with Gasteiger partial charge in [0.25, 0.3) is 5.91 Å². The number of alkyl halides is 3. The van der Waals surface area contributed by atoms with Gasteiger partial charge in [0.1, 0.15) is 0 Å². The number of dihydropyridines is 1. The fourth-order valence-corrected chi connectivity index (χ4v) is 5.12. The molecule has 1 aromatic rings. The van der Waals surface area contributed by atoms with Gasteiger partial charge in [-0.1, -0.05) is 18.2 Å². The standard InChI is InChI=1S/C25H31F3N2O2/c1-24(32,25(26,27)28)19-12-8-18(9-13-19)23(31)30(20-5-4-6-20)21-14-10-17(11-15-21)22-7-2-3-16-29-22/h2-3,8-9,12-13,16-17,20-22,32H,4-7,10-11,14-15H2,1H3/t17?,21?,22?,24-/m0/s1. The Morgan fingerprint density at radius 1 is 1.03 bits per heavy atom. The molecule has 2 fully saturated rings. The van der Waals surface area contributed by atoms with Crippen molar-refractivity contribution in [3.63, 3.8) is 0 Å². The first-order valence-electron chi connectivity index (χ1n) is 11.6. The third-order valence-electron chi connectivity index (χ3n) is 7.50. The zero-order valence-electron chi connectivity index (χ0n) is 18.4. The van der Waals surface area contributed by atoms with Crippen LogP contribution in [0.3, 0.4) is 0 Å². The molecule has 7 heteroatoms. The van der Waals surface area contributed by atoms with Crippen LogP contribution < -0.4 is 0 Å². The second-order valence-electron chi connectivity index (χ2n) is 9.54. The third-order valence-corrected chi connectivity index (χ3v) is 7.50. The molecule has 4 nitrogen and oxygen atoms in total. The van der Waals surface area contributed by atoms with Crippen molar-refractivity contribution in [3.8, 4) is 0 Å². The first-order valence-corrected chi connectivity index (χ1v) is 11.6. The maximum absolute atomic E-state index is 13.4. The van der Waals surface area contributed by atoms with Crippen LogP contribution in [0.2, 0.25) is 0 Å². The van der Waals surface area contributed by atoms with Crippen molar-refractivity contribution in [2.45, 2.75) is 88.2 Å². The van der Waals surface area contributed by atoms with Gasteiger partial charge in [0.05, 0.1) is 6.04 Å². The van der Waals surface area contributed by atoms with E-state index in [1.54, 1.807) is 0 Å². The summed E-state index contributed by atoms with van der Waals surface area (Å²) in [5, 5.41) is 9.90. The second kappa shape index (κ2) is 9.00. The van der Waals surface area contributed by atoms with Gasteiger partial charge >= 0.3 is 6.18 Å². The molecule has 0 bridgehead atoms. The molecule has 1 amide bonds. The van der Waals surface area contributed by atoms with Crippen molar-refractivity contribution in [3.05, 3.63) is 47.5 Å². The molecular weight excluding hydrogens is 417 g/mol. The van der Waals surface area contributed by atoms with Gasteiger partial charge in [-0.05, 0) is 88.0 Å². The van der Waals surface area contributed by atoms with Crippen LogP contribution in [0.1, 0.15) is 74.2 Å². The average Bonchev–Trinajstić information content (AvgIpc) is 2.76. The number of benzene rings is 1. The number of carbonyl (C=O) groups excluding carboxylic acids is 1. The SMILES string of the molecule is C[C@](O)(c1ccc(C(=O)N(C2CCC2)C2CCC(C3CC=CC=N3)CC2)cc1)C(F)(F)F. The highest BCUT2D eigenvalue weighted by Crippen LogP contribution is 2.40. The lowest BCUT2D eigenvalue weighted by molar-refractivity contribution is -0.258. The van der Waals surface area contributed by atoms with E-state index >= 15 is 0 Å². The normalized spacial score (nSPS) is 28.1. The zero-order chi connectivity index (χ0) is 22.9. The molecule has 1 N–H and O–H groups in total. The summed E-state index contributed by atoms with van der Waals surface area (Å²) < 4.78 is 39.4. The van der Waals surface area contributed by atoms with Gasteiger partial charge in [-0.2, -0.15) is 13.2 Å². The van der Waals surface area contributed by atoms with Crippen LogP contribution in [0.15, 0.2) is 41.4 Å². The van der Waals surface area contributed by atoms with E-state index in [9.17, 15) is 23.1 Å². The van der Waals surface area contributed by atoms with E-state index in [-0.39, 0.29) is 23.6 Å². The van der Waals surface area contributed by atoms with Crippen molar-refractivity contribution in [1.29, 1.82) is 0 Å². The molecule has 0 saturated heterocycles. The Labute approximate surface area is 187 Å². The van der Waals surface area contributed by atoms with Crippen LogP contribution in [0.4, 0.5) is 13.2 Å². The predicted octanol–water partition coefficient (Wildman–Crippen LogP) is 5.41. The van der Waals surface area contributed by atoms with E-state index in [1.807, 2.05) is 17.2 Å². The number of hydrogen-bond donors (Lipinski definition) is 1. The van der Waals surface area contributed by atoms with E-state index in [2.05, 4.69) is 11.1 Å². The lowest BCUT2D eigenvalue weighted by Crippen LogP contribution is -2.51. The molecule has 32 heavy (non-hydrogen) atoms. The molecule has 0 radical (unpaired) electrons. The Balaban J connectivity index is 1.46. The van der Waals surface area contributed by atoms with Crippen LogP contribution in [0.5, 0.6) is 0 Å². The number of hydrogen-bond acceptors (Lipinski definition) is 3. The van der Waals surface area contributed by atoms with Gasteiger partial charge < -0.3 is 10.0 Å². The smallest absolute Gasteiger partial charge is 0.376 e. The van der Waals surface area contributed by atoms with Crippen molar-refractivity contribution in [2.24, 2.45) is 10.9 Å². The van der Waals surface area contributed by atoms with Gasteiger partial charge in [0, 0.05) is 23.9 Å². The van der Waals surface area contributed by atoms with Gasteiger partial charge in [0.2, 0.25) is 0 Å². The summed E-state index contributed by atoms with van der Waals surface area (Å²) in [5.41, 5.74) is -2.83. The van der Waals surface area contributed by atoms with Gasteiger partial charge in [0.15, 0.2) is 5.60 Å². The Kier molecular flexibility index (Phi) is 6.48. The molecule has 0 spiro atoms. The molecule has 2 atom stereocenters. The Hall–Kier alpha value is -2.15. The summed E-state index contributed by atoms with van der Waals surface area (Å²) in [6, 6.07) is 5.96. The monoisotopic (exact) mass is 448 g/mol. The molecule has 174 valence electrons. The summed E-state index contributed by atoms with van der Waals surface area (Å²) in [6.45, 7) is 0.731. The minimum atomic E-state index is -4.78. The number of aliphatic hydroxyl groups is 1. The lowest BCUT2D eigenvalue weighted by Gasteiger charge is -2.45. The molecule has 2 saturated carbocycles. The number of aliphatic imine (C=N–C) groups is 1. The zero-order valence-corrected chi connectivity index (χ0v) is 18.4. The molecule has 4 rings (SSSR count). The van der Waals surface area contributed by atoms with Gasteiger partial charge in [-0.25, -0.2) is 0 Å². The molecule has 3 aliphatic rings. The van der Waals surface area contributed by atoms with Crippen LogP contribution in [0, 0.1) is 5.92 Å². The highest BCUT2D eigenvalue weighted by Gasteiger charge is 2.51. The first-order chi connectivity index (χ1) is 15.2. The van der Waals surface area contributed by atoms with E-state index < -0.39 is 11.8 Å². The second-order valence-corrected chi connectivity index (χ2v) is 9.54. The quantitative estimate of drug-likeness (QED) is 0.655. The number of allylic oxidation sites excluding steroid dienone is 1. The van der Waals surface area contributed by atoms with Crippen LogP contribution in [-0.4, -0.2) is 46.4 Å². The molecule has 1 aromatic carbocycles. The summed E-state index contributed by atoms with van der Waals surface area (Å²) in [4.78, 5) is 20.0. The summed E-state index contributed by atoms with van der Waals surface area (Å²) in [7, 11) is 0. The molecule has 1 heterocycles. The van der Waals surface area contributed by atoms with Crippen molar-refractivity contribution in [1.82, 2.24) is 4.90 Å². The molecule has 0 aromatic heterocycles. The van der Waals surface area contributed by atoms with Gasteiger partial charge in [-0.3, -0.25) is 9.79 Å². The minimum absolute atomic E-state index is 0.116. The van der Waals surface area contributed by atoms with Crippen molar-refractivity contribution < 1.29 is 23.1 Å². The Morgan fingerprint density at radius 3 is 2.16 bits per heavy atom. The number of nitrogens with zero attached hydrogens (tertiary/aromatic N) is 2. The largest absolute Gasteiger partial charge is 0.421 e. The first kappa shape index (κ1) is 23.0. The van der Waals surface area contributed by atoms with E-state index in [0.29, 0.717) is 17.5 Å². The number of rotatable bonds is 5. The Morgan fingerprint density at radius 2 is 1.66 bits per heavy atom. The van der Waals surface area contributed by atoms with Gasteiger partial charge in [-0.15, -0.1) is 0 Å². The van der Waals surface area contributed by atoms with Crippen LogP contribution in [0.25, 0.3) is 0 Å². The lowest BCUT2D eigenvalue weighted by atomic mass is 9.78. The third kappa shape index (κ3) is 4.49. The average molecular weight is 449 g/mol. The summed E-state index contributed by atoms with van der Waals surface area (Å²) >= 11 is 0. The molecular formula is C25H31F3N2O2. The highest BCUT2D eigenvalue weighted by molar-refractivity contribution is 5.94. The van der Waals surface area contributed by atoms with E-state index in [0.717, 1.165) is 58.3 Å².